The van der Waals surface area contributed by atoms with E-state index in [-0.39, 0.29) is 160 Å². The molecule has 2 fully saturated rings. The number of nitrogens with zero attached hydrogens (tertiary/aromatic N) is 5. The topological polar surface area (TPSA) is 292 Å². The van der Waals surface area contributed by atoms with Gasteiger partial charge in [0.15, 0.2) is 0 Å². The van der Waals surface area contributed by atoms with Crippen LogP contribution in [0.25, 0.3) is 0 Å². The van der Waals surface area contributed by atoms with Crippen LogP contribution in [0.2, 0.25) is 0 Å². The Balaban J connectivity index is 0.000000844. The summed E-state index contributed by atoms with van der Waals surface area (Å²) in [6.07, 6.45) is 11.1. The summed E-state index contributed by atoms with van der Waals surface area (Å²) >= 11 is 11.6. The molecular weight excluding hydrogens is 2010 g/mol. The van der Waals surface area contributed by atoms with Gasteiger partial charge in [-0.05, 0) is 300 Å². The zero-order valence-corrected chi connectivity index (χ0v) is 96.4. The van der Waals surface area contributed by atoms with Crippen LogP contribution in [0.1, 0.15) is 322 Å². The molecule has 0 spiro atoms. The molecule has 3 aromatic heterocycles. The number of carboxylic acids is 1. The average molecular weight is 2160 g/mol. The molecule has 2 unspecified atom stereocenters. The number of hydrogen-bond acceptors (Lipinski definition) is 13. The van der Waals surface area contributed by atoms with Crippen LogP contribution in [0.3, 0.4) is 0 Å². The van der Waals surface area contributed by atoms with Gasteiger partial charge in [0.2, 0.25) is 11.8 Å². The fraction of sp³-hybridized carbons (Fsp3) is 0.436. The van der Waals surface area contributed by atoms with Crippen LogP contribution in [-0.2, 0) is 60.2 Å². The van der Waals surface area contributed by atoms with Crippen molar-refractivity contribution in [1.29, 1.82) is 5.26 Å². The Bertz CT molecular complexity index is 5630. The molecule has 0 aliphatic carbocycles. The number of aryl methyl sites for hydroxylation is 2. The first-order valence-corrected chi connectivity index (χ1v) is 49.6. The van der Waals surface area contributed by atoms with Crippen LogP contribution in [0.15, 0.2) is 234 Å². The van der Waals surface area contributed by atoms with Gasteiger partial charge < -0.3 is 73.5 Å². The number of piperidine rings is 2. The number of amides is 5. The first kappa shape index (κ1) is 131. The van der Waals surface area contributed by atoms with E-state index in [4.69, 9.17) is 34.3 Å². The van der Waals surface area contributed by atoms with Crippen molar-refractivity contribution < 1.29 is 68.1 Å². The van der Waals surface area contributed by atoms with Gasteiger partial charge in [-0.2, -0.15) is 5.41 Å². The molecule has 5 heterocycles. The number of aromatic nitrogens is 3. The number of halogens is 4. The Morgan fingerprint density at radius 1 is 0.451 bits per heavy atom. The molecule has 142 heavy (non-hydrogen) atoms. The van der Waals surface area contributed by atoms with Crippen molar-refractivity contribution in [3.8, 4) is 0 Å². The van der Waals surface area contributed by atoms with E-state index in [0.717, 1.165) is 102 Å². The number of rotatable bonds is 14. The summed E-state index contributed by atoms with van der Waals surface area (Å²) in [6.45, 7) is 72.6. The number of hydrogen-bond donors (Lipinski definition) is 7. The number of nitrogen functional groups attached to an aromatic ring is 1. The Kier molecular flexibility index (Phi) is 54.5. The zero-order valence-electron chi connectivity index (χ0n) is 89.4. The minimum Gasteiger partial charge on any atom is -1.00 e. The molecule has 8 N–H and O–H groups in total. The van der Waals surface area contributed by atoms with Crippen LogP contribution in [0.5, 0.6) is 0 Å². The third-order valence-corrected chi connectivity index (χ3v) is 23.7. The number of nitrogens with one attached hydrogen (secondary N) is 5. The maximum Gasteiger partial charge on any atom is 2.00 e. The molecule has 7 aromatic carbocycles. The smallest absolute Gasteiger partial charge is 1.00 e. The normalized spacial score (nSPS) is 14.5. The minimum absolute atomic E-state index is 0. The molecule has 768 valence electrons. The maximum absolute atomic E-state index is 13.6. The molecule has 2 aliphatic rings. The summed E-state index contributed by atoms with van der Waals surface area (Å²) in [4.78, 5) is 100. The molecule has 4 atom stereocenters. The van der Waals surface area contributed by atoms with Crippen molar-refractivity contribution in [2.75, 3.05) is 40.1 Å². The number of carboxylic acid groups (broad SMARTS) is 1. The van der Waals surface area contributed by atoms with E-state index in [1.807, 2.05) is 146 Å². The molecule has 19 nitrogen and oxygen atoms in total. The van der Waals surface area contributed by atoms with Crippen LogP contribution in [0.4, 0.5) is 28.4 Å². The van der Waals surface area contributed by atoms with Crippen molar-refractivity contribution in [2.24, 2.45) is 33.5 Å². The van der Waals surface area contributed by atoms with Gasteiger partial charge in [-0.15, -0.1) is 0 Å². The molecule has 0 saturated carbocycles. The fourth-order valence-electron chi connectivity index (χ4n) is 14.9. The van der Waals surface area contributed by atoms with Gasteiger partial charge in [0.05, 0.1) is 34.2 Å². The van der Waals surface area contributed by atoms with Gasteiger partial charge in [0, 0.05) is 76.8 Å². The van der Waals surface area contributed by atoms with E-state index in [2.05, 4.69) is 310 Å². The summed E-state index contributed by atoms with van der Waals surface area (Å²) in [5.74, 6) is -1.22. The summed E-state index contributed by atoms with van der Waals surface area (Å²) < 4.78 is 0.909. The largest absolute Gasteiger partial charge is 2.00 e. The zero-order chi connectivity index (χ0) is 105. The molecular formula is C117H156Br2Cl2CuMgN11O8. The molecule has 0 bridgehead atoms. The second-order valence-corrected chi connectivity index (χ2v) is 47.3. The molecule has 12 rings (SSSR count). The van der Waals surface area contributed by atoms with E-state index < -0.39 is 11.2 Å². The van der Waals surface area contributed by atoms with Crippen molar-refractivity contribution in [2.45, 2.75) is 285 Å². The first-order valence-electron chi connectivity index (χ1n) is 47.6. The Labute approximate surface area is 905 Å². The molecule has 5 amide bonds. The minimum atomic E-state index is -0.972. The number of carbonyl (C=O) groups is 7. The third kappa shape index (κ3) is 48.0. The maximum atomic E-state index is 13.6. The Hall–Kier alpha value is -9.44. The van der Waals surface area contributed by atoms with E-state index in [1.165, 1.54) is 40.1 Å². The first-order chi connectivity index (χ1) is 64.3. The van der Waals surface area contributed by atoms with Gasteiger partial charge in [0.25, 0.3) is 23.0 Å². The second kappa shape index (κ2) is 59.2. The number of benzene rings is 7. The van der Waals surface area contributed by atoms with E-state index in [1.54, 1.807) is 42.7 Å². The van der Waals surface area contributed by atoms with E-state index in [9.17, 15) is 33.6 Å². The third-order valence-electron chi connectivity index (χ3n) is 22.2. The van der Waals surface area contributed by atoms with Crippen LogP contribution < -0.4 is 44.7 Å². The summed E-state index contributed by atoms with van der Waals surface area (Å²) in [6, 6.07) is 65.7. The van der Waals surface area contributed by atoms with Crippen LogP contribution in [0, 0.1) is 66.1 Å². The molecule has 0 radical (unpaired) electrons. The SMILES string of the molecule is CC(C)(C)C[C@@H]1NCCCC1C(=O)Nc1cccc(C(C)(C)C)c1.CC(C)(C)Cc1ncccc1C(=O)Nc1cccc(C(C)(C)C)c1.CC(C)(C)c1cccc(N)c1.CC(C)(C)c1cccc(NC(=O)c2cccnc2Br)c1.Cc1ccccc1C(=O)Cl.Cc1ccccc1C(=O)N1CCCC(C(=O)Nc2cccc(C(C)(C)C)c2)[C@@H]1CC(C)(C)C.O=C(O)c1cccnc1Br.[C-]#N.[CH2-]C(C)(C)C.[Cl-].[Cu+].[Mg+2]. The number of carbonyl (C=O) groups excluding carboxylic acids is 6. The van der Waals surface area contributed by atoms with E-state index in [0.29, 0.717) is 32.4 Å². The number of pyridine rings is 3. The van der Waals surface area contributed by atoms with E-state index >= 15 is 0 Å². The van der Waals surface area contributed by atoms with Crippen molar-refractivity contribution >= 4 is 136 Å². The van der Waals surface area contributed by atoms with Crippen molar-refractivity contribution in [1.82, 2.24) is 25.2 Å². The van der Waals surface area contributed by atoms with Crippen molar-refractivity contribution in [3.63, 3.8) is 0 Å². The van der Waals surface area contributed by atoms with Crippen LogP contribution in [-0.4, -0.2) is 114 Å². The van der Waals surface area contributed by atoms with Gasteiger partial charge in [0.1, 0.15) is 9.21 Å². The summed E-state index contributed by atoms with van der Waals surface area (Å²) in [5, 5.41) is 30.2. The number of likely N-dealkylation sites (tertiary alicyclic amines) is 1. The summed E-state index contributed by atoms with van der Waals surface area (Å²) in [5.41, 5.74) is 22.3. The Morgan fingerprint density at radius 2 is 0.789 bits per heavy atom. The fourth-order valence-corrected chi connectivity index (χ4v) is 16.0. The standard InChI is InChI=1S/C29H40N2O2.C21H34N2O.C21H28N2O.C16H17BrN2O.C10H15N.C8H7ClO.C6H4BrNO2.C5H11.CN.ClH.Cu.Mg/c1-20-12-8-9-15-23(20)27(33)31-17-11-16-24(25(31)19-28(2,3)4)26(32)30-22-14-10-13-21(18-22)29(5,6)7;2*1-20(2,3)14-18-17(11-8-12-22-18)19(24)23-16-10-7-9-15(13-16)21(4,5)6;1-16(2,3)11-6-4-7-12(10-11)19-15(20)13-8-5-9-18-14(13)17;1-10(2,3)8-5-4-6-9(11)7-8;1-6-4-2-3-5-7(6)8(9)10;7-5-4(6(9)10)2-1-3-8-5;1-5(2,3)4;1-2;;;/h8-10,12-15,18,24-25H,11,16-17,19H2,1-7H3,(H,30,32);7,9-10,13,17-18,22H,8,11-12,14H2,1-6H3,(H,23,24);7-13H,14H2,1-6H3,(H,23,24);4-10H,1-3H3,(H,19,20);4-7H,11H2,1-3H3;2-5H,1H3;1-3H,(H,9,10);1H2,2-4H3;;1H;;/q;;;;;;;2*-1;;+1;+2/p-1/t24?,25-;17?,18-;;;;;;;;;;/m00........../s1. The number of aromatic carboxylic acids is 1. The quantitative estimate of drug-likeness (QED) is 0.0175. The molecule has 25 heteroatoms. The van der Waals surface area contributed by atoms with Crippen LogP contribution >= 0.6 is 43.5 Å². The average Bonchev–Trinajstić information content (AvgIpc) is 0.784. The number of nitrogens with two attached hydrogens (primary N) is 1. The van der Waals surface area contributed by atoms with Gasteiger partial charge in [-0.25, -0.2) is 14.8 Å². The van der Waals surface area contributed by atoms with Gasteiger partial charge in [-0.3, -0.25) is 33.8 Å². The van der Waals surface area contributed by atoms with Gasteiger partial charge >= 0.3 is 46.1 Å². The number of anilines is 5. The predicted octanol–water partition coefficient (Wildman–Crippen LogP) is 26.0. The Morgan fingerprint density at radius 3 is 1.13 bits per heavy atom. The second-order valence-electron chi connectivity index (χ2n) is 45.4. The predicted molar refractivity (Wildman–Crippen MR) is 590 cm³/mol. The molecule has 2 saturated heterocycles. The molecule has 10 aromatic rings. The van der Waals surface area contributed by atoms with Crippen molar-refractivity contribution in [3.05, 3.63) is 320 Å². The van der Waals surface area contributed by atoms with Gasteiger partial charge in [-0.1, -0.05) is 284 Å². The summed E-state index contributed by atoms with van der Waals surface area (Å²) in [7, 11) is 0. The molecule has 2 aliphatic heterocycles. The monoisotopic (exact) mass is 2160 g/mol.